The zero-order valence-corrected chi connectivity index (χ0v) is 17.7. The Kier molecular flexibility index (Phi) is 5.48. The van der Waals surface area contributed by atoms with Gasteiger partial charge in [-0.3, -0.25) is 9.67 Å². The largest absolute Gasteiger partial charge is 0.457 e. The number of pyridine rings is 1. The average molecular weight is 415 g/mol. The highest BCUT2D eigenvalue weighted by Crippen LogP contribution is 2.28. The Balaban J connectivity index is 1.29. The second kappa shape index (κ2) is 8.71. The third-order valence-electron chi connectivity index (χ3n) is 5.79. The van der Waals surface area contributed by atoms with E-state index in [0.29, 0.717) is 5.95 Å². The highest BCUT2D eigenvalue weighted by atomic mass is 16.5. The molecule has 1 saturated carbocycles. The molecule has 0 spiro atoms. The lowest BCUT2D eigenvalue weighted by atomic mass is 9.89. The molecule has 1 aromatic carbocycles. The minimum Gasteiger partial charge on any atom is -0.457 e. The molecule has 0 atom stereocenters. The summed E-state index contributed by atoms with van der Waals surface area (Å²) in [5.74, 6) is 2.89. The molecule has 1 aliphatic rings. The normalized spacial score (nSPS) is 14.6. The highest BCUT2D eigenvalue weighted by molar-refractivity contribution is 5.80. The topological polar surface area (TPSA) is 77.8 Å². The Morgan fingerprint density at radius 3 is 2.74 bits per heavy atom. The van der Waals surface area contributed by atoms with Crippen molar-refractivity contribution in [1.29, 1.82) is 0 Å². The predicted molar refractivity (Wildman–Crippen MR) is 121 cm³/mol. The number of rotatable bonds is 6. The molecule has 0 bridgehead atoms. The molecule has 31 heavy (non-hydrogen) atoms. The van der Waals surface area contributed by atoms with E-state index in [9.17, 15) is 0 Å². The Bertz CT molecular complexity index is 1180. The maximum atomic E-state index is 6.07. The first-order valence-corrected chi connectivity index (χ1v) is 10.9. The van der Waals surface area contributed by atoms with Gasteiger partial charge in [-0.05, 0) is 43.0 Å². The van der Waals surface area contributed by atoms with Gasteiger partial charge in [-0.25, -0.2) is 9.97 Å². The number of ether oxygens (including phenoxy) is 1. The predicted octanol–water partition coefficient (Wildman–Crippen LogP) is 5.21. The van der Waals surface area contributed by atoms with Gasteiger partial charge in [-0.15, -0.1) is 0 Å². The fraction of sp³-hybridized carbons (Fsp3) is 0.333. The summed E-state index contributed by atoms with van der Waals surface area (Å²) in [6.07, 6.45) is 14.0. The van der Waals surface area contributed by atoms with Crippen molar-refractivity contribution in [2.45, 2.75) is 32.1 Å². The number of fused-ring (bicyclic) bond motifs is 1. The van der Waals surface area contributed by atoms with Gasteiger partial charge in [0.2, 0.25) is 5.95 Å². The molecule has 1 fully saturated rings. The van der Waals surface area contributed by atoms with Crippen molar-refractivity contribution in [3.8, 4) is 22.8 Å². The zero-order valence-electron chi connectivity index (χ0n) is 17.7. The molecule has 1 N–H and O–H groups in total. The van der Waals surface area contributed by atoms with Crippen molar-refractivity contribution < 1.29 is 4.74 Å². The summed E-state index contributed by atoms with van der Waals surface area (Å²) in [5, 5.41) is 8.57. The molecule has 0 aliphatic heterocycles. The molecule has 4 aromatic rings. The number of nitrogens with zero attached hydrogens (tertiary/aromatic N) is 5. The first-order chi connectivity index (χ1) is 15.2. The van der Waals surface area contributed by atoms with Gasteiger partial charge in [0.1, 0.15) is 11.5 Å². The fourth-order valence-electron chi connectivity index (χ4n) is 4.11. The second-order valence-electron chi connectivity index (χ2n) is 8.18. The average Bonchev–Trinajstić information content (AvgIpc) is 3.25. The number of anilines is 1. The molecule has 7 heteroatoms. The quantitative estimate of drug-likeness (QED) is 0.467. The van der Waals surface area contributed by atoms with Crippen LogP contribution in [-0.2, 0) is 7.05 Å². The van der Waals surface area contributed by atoms with Crippen LogP contribution < -0.4 is 10.1 Å². The summed E-state index contributed by atoms with van der Waals surface area (Å²) in [5.41, 5.74) is 2.68. The SMILES string of the molecule is Cn1cc(-c2cc(Oc3ccc4nc(NCC5CCCCC5)ncc4c3)ccn2)cn1. The molecule has 1 aliphatic carbocycles. The van der Waals surface area contributed by atoms with Crippen molar-refractivity contribution in [2.75, 3.05) is 11.9 Å². The van der Waals surface area contributed by atoms with Crippen molar-refractivity contribution in [1.82, 2.24) is 24.7 Å². The van der Waals surface area contributed by atoms with E-state index >= 15 is 0 Å². The summed E-state index contributed by atoms with van der Waals surface area (Å²) < 4.78 is 7.83. The van der Waals surface area contributed by atoms with Gasteiger partial charge in [0.15, 0.2) is 0 Å². The van der Waals surface area contributed by atoms with Crippen LogP contribution in [-0.4, -0.2) is 31.3 Å². The van der Waals surface area contributed by atoms with E-state index in [4.69, 9.17) is 4.74 Å². The van der Waals surface area contributed by atoms with Crippen LogP contribution in [0.15, 0.2) is 55.1 Å². The molecule has 0 amide bonds. The molecule has 0 unspecified atom stereocenters. The Hall–Kier alpha value is -3.48. The lowest BCUT2D eigenvalue weighted by Gasteiger charge is -2.21. The van der Waals surface area contributed by atoms with E-state index in [1.54, 1.807) is 17.1 Å². The molecule has 0 radical (unpaired) electrons. The smallest absolute Gasteiger partial charge is 0.223 e. The van der Waals surface area contributed by atoms with E-state index in [2.05, 4.69) is 25.4 Å². The van der Waals surface area contributed by atoms with Gasteiger partial charge < -0.3 is 10.1 Å². The van der Waals surface area contributed by atoms with Gasteiger partial charge in [-0.1, -0.05) is 19.3 Å². The second-order valence-corrected chi connectivity index (χ2v) is 8.18. The first-order valence-electron chi connectivity index (χ1n) is 10.9. The number of aryl methyl sites for hydroxylation is 1. The van der Waals surface area contributed by atoms with Crippen LogP contribution in [0.3, 0.4) is 0 Å². The van der Waals surface area contributed by atoms with Crippen molar-refractivity contribution in [3.63, 3.8) is 0 Å². The van der Waals surface area contributed by atoms with E-state index in [0.717, 1.165) is 46.1 Å². The van der Waals surface area contributed by atoms with Gasteiger partial charge in [-0.2, -0.15) is 5.10 Å². The van der Waals surface area contributed by atoms with Gasteiger partial charge in [0.05, 0.1) is 17.4 Å². The molecule has 7 nitrogen and oxygen atoms in total. The molecule has 0 saturated heterocycles. The zero-order chi connectivity index (χ0) is 21.0. The van der Waals surface area contributed by atoms with E-state index in [1.165, 1.54) is 32.1 Å². The third kappa shape index (κ3) is 4.66. The molecule has 3 aromatic heterocycles. The minimum absolute atomic E-state index is 0.696. The molecule has 3 heterocycles. The Morgan fingerprint density at radius 1 is 1.03 bits per heavy atom. The highest BCUT2D eigenvalue weighted by Gasteiger charge is 2.13. The van der Waals surface area contributed by atoms with Crippen LogP contribution in [0.1, 0.15) is 32.1 Å². The van der Waals surface area contributed by atoms with Crippen molar-refractivity contribution in [3.05, 3.63) is 55.1 Å². The number of nitrogens with one attached hydrogen (secondary N) is 1. The number of benzene rings is 1. The number of aromatic nitrogens is 5. The lowest BCUT2D eigenvalue weighted by molar-refractivity contribution is 0.373. The van der Waals surface area contributed by atoms with Crippen LogP contribution in [0.25, 0.3) is 22.2 Å². The van der Waals surface area contributed by atoms with E-state index in [-0.39, 0.29) is 0 Å². The maximum Gasteiger partial charge on any atom is 0.223 e. The standard InChI is InChI=1S/C24H26N6O/c1-30-16-19(15-28-30)23-12-21(9-10-25-23)31-20-7-8-22-18(11-20)14-27-24(29-22)26-13-17-5-3-2-4-6-17/h7-12,14-17H,2-6,13H2,1H3,(H,26,27,29). The van der Waals surface area contributed by atoms with Crippen LogP contribution in [0.5, 0.6) is 11.5 Å². The van der Waals surface area contributed by atoms with Crippen molar-refractivity contribution >= 4 is 16.9 Å². The molecule has 5 rings (SSSR count). The van der Waals surface area contributed by atoms with Crippen LogP contribution in [0.2, 0.25) is 0 Å². The first kappa shape index (κ1) is 19.5. The summed E-state index contributed by atoms with van der Waals surface area (Å²) in [6, 6.07) is 9.63. The Labute approximate surface area is 181 Å². The van der Waals surface area contributed by atoms with Crippen molar-refractivity contribution in [2.24, 2.45) is 13.0 Å². The number of hydrogen-bond acceptors (Lipinski definition) is 6. The summed E-state index contributed by atoms with van der Waals surface area (Å²) in [4.78, 5) is 13.6. The third-order valence-corrected chi connectivity index (χ3v) is 5.79. The molecular formula is C24H26N6O. The van der Waals surface area contributed by atoms with Crippen LogP contribution >= 0.6 is 0 Å². The lowest BCUT2D eigenvalue weighted by Crippen LogP contribution is -2.18. The maximum absolute atomic E-state index is 6.07. The molecular weight excluding hydrogens is 388 g/mol. The number of hydrogen-bond donors (Lipinski definition) is 1. The minimum atomic E-state index is 0.696. The summed E-state index contributed by atoms with van der Waals surface area (Å²) >= 11 is 0. The summed E-state index contributed by atoms with van der Waals surface area (Å²) in [6.45, 7) is 0.952. The van der Waals surface area contributed by atoms with Gasteiger partial charge >= 0.3 is 0 Å². The fourth-order valence-corrected chi connectivity index (χ4v) is 4.11. The van der Waals surface area contributed by atoms with Crippen LogP contribution in [0.4, 0.5) is 5.95 Å². The Morgan fingerprint density at radius 2 is 1.90 bits per heavy atom. The summed E-state index contributed by atoms with van der Waals surface area (Å²) in [7, 11) is 1.89. The van der Waals surface area contributed by atoms with Gasteiger partial charge in [0, 0.05) is 49.2 Å². The molecule has 158 valence electrons. The van der Waals surface area contributed by atoms with Gasteiger partial charge in [0.25, 0.3) is 0 Å². The van der Waals surface area contributed by atoms with E-state index < -0.39 is 0 Å². The monoisotopic (exact) mass is 414 g/mol. The van der Waals surface area contributed by atoms with E-state index in [1.807, 2.05) is 49.8 Å². The van der Waals surface area contributed by atoms with Crippen LogP contribution in [0, 0.1) is 5.92 Å².